The van der Waals surface area contributed by atoms with Gasteiger partial charge in [-0.15, -0.1) is 0 Å². The van der Waals surface area contributed by atoms with Gasteiger partial charge < -0.3 is 11.1 Å². The van der Waals surface area contributed by atoms with Crippen LogP contribution in [0.4, 0.5) is 5.95 Å². The average Bonchev–Trinajstić information content (AvgIpc) is 2.86. The molecule has 0 aliphatic rings. The van der Waals surface area contributed by atoms with E-state index in [2.05, 4.69) is 22.3 Å². The van der Waals surface area contributed by atoms with Gasteiger partial charge in [0.2, 0.25) is 11.9 Å². The Morgan fingerprint density at radius 3 is 2.79 bits per heavy atom. The van der Waals surface area contributed by atoms with Crippen LogP contribution in [0.5, 0.6) is 0 Å². The average molecular weight is 264 g/mol. The Labute approximate surface area is 111 Å². The molecule has 2 rings (SSSR count). The van der Waals surface area contributed by atoms with Crippen molar-refractivity contribution in [3.63, 3.8) is 0 Å². The van der Waals surface area contributed by atoms with Crippen LogP contribution in [-0.2, 0) is 18.3 Å². The molecule has 2 heterocycles. The normalized spacial score (nSPS) is 12.8. The number of likely N-dealkylation sites (N-methyl/N-ethyl adjacent to an activating group) is 1. The molecule has 0 aromatic carbocycles. The summed E-state index contributed by atoms with van der Waals surface area (Å²) < 4.78 is 3.46. The molecular formula is C12H20N6O. The molecule has 19 heavy (non-hydrogen) atoms. The monoisotopic (exact) mass is 264 g/mol. The fraction of sp³-hybridized carbons (Fsp3) is 0.583. The molecule has 2 aromatic rings. The third-order valence-electron chi connectivity index (χ3n) is 3.26. The first-order valence-electron chi connectivity index (χ1n) is 6.42. The number of anilines is 1. The molecule has 0 bridgehead atoms. The predicted molar refractivity (Wildman–Crippen MR) is 73.7 cm³/mol. The minimum absolute atomic E-state index is 0.107. The van der Waals surface area contributed by atoms with E-state index in [9.17, 15) is 4.79 Å². The van der Waals surface area contributed by atoms with E-state index in [0.717, 1.165) is 29.7 Å². The molecule has 0 saturated carbocycles. The third kappa shape index (κ3) is 2.05. The SMILES string of the molecule is CCCc1nn(C)c2c1nc(N)n2C(C)C(=O)NC. The topological polar surface area (TPSA) is 90.8 Å². The summed E-state index contributed by atoms with van der Waals surface area (Å²) in [6.07, 6.45) is 1.84. The third-order valence-corrected chi connectivity index (χ3v) is 3.26. The van der Waals surface area contributed by atoms with E-state index in [1.807, 2.05) is 7.05 Å². The van der Waals surface area contributed by atoms with Crippen molar-refractivity contribution < 1.29 is 4.79 Å². The Hall–Kier alpha value is -2.05. The minimum atomic E-state index is -0.417. The molecule has 7 nitrogen and oxygen atoms in total. The van der Waals surface area contributed by atoms with E-state index >= 15 is 0 Å². The number of fused-ring (bicyclic) bond motifs is 1. The molecule has 7 heteroatoms. The van der Waals surface area contributed by atoms with Crippen molar-refractivity contribution in [1.29, 1.82) is 0 Å². The Bertz CT molecular complexity index is 611. The highest BCUT2D eigenvalue weighted by molar-refractivity contribution is 5.84. The highest BCUT2D eigenvalue weighted by Gasteiger charge is 2.23. The second-order valence-electron chi connectivity index (χ2n) is 4.62. The molecule has 0 fully saturated rings. The highest BCUT2D eigenvalue weighted by Crippen LogP contribution is 2.25. The van der Waals surface area contributed by atoms with Crippen molar-refractivity contribution >= 4 is 23.0 Å². The number of imidazole rings is 1. The van der Waals surface area contributed by atoms with Gasteiger partial charge in [0.05, 0.1) is 5.69 Å². The first-order valence-corrected chi connectivity index (χ1v) is 6.42. The maximum absolute atomic E-state index is 11.8. The summed E-state index contributed by atoms with van der Waals surface area (Å²) in [6.45, 7) is 3.89. The number of aryl methyl sites for hydroxylation is 2. The van der Waals surface area contributed by atoms with Crippen LogP contribution in [0.25, 0.3) is 11.2 Å². The summed E-state index contributed by atoms with van der Waals surface area (Å²) in [6, 6.07) is -0.417. The fourth-order valence-corrected chi connectivity index (χ4v) is 2.33. The number of nitrogen functional groups attached to an aromatic ring is 1. The number of nitrogens with one attached hydrogen (secondary N) is 1. The number of aromatic nitrogens is 4. The lowest BCUT2D eigenvalue weighted by molar-refractivity contribution is -0.123. The number of rotatable bonds is 4. The summed E-state index contributed by atoms with van der Waals surface area (Å²) in [5.41, 5.74) is 8.46. The Morgan fingerprint density at radius 1 is 1.53 bits per heavy atom. The zero-order chi connectivity index (χ0) is 14.2. The first-order chi connectivity index (χ1) is 9.01. The molecule has 104 valence electrons. The van der Waals surface area contributed by atoms with Crippen molar-refractivity contribution in [2.75, 3.05) is 12.8 Å². The van der Waals surface area contributed by atoms with E-state index < -0.39 is 6.04 Å². The van der Waals surface area contributed by atoms with E-state index in [1.54, 1.807) is 23.2 Å². The van der Waals surface area contributed by atoms with E-state index in [4.69, 9.17) is 5.73 Å². The van der Waals surface area contributed by atoms with Crippen molar-refractivity contribution in [1.82, 2.24) is 24.6 Å². The van der Waals surface area contributed by atoms with Gasteiger partial charge in [0.25, 0.3) is 0 Å². The molecule has 1 amide bonds. The zero-order valence-corrected chi connectivity index (χ0v) is 11.8. The number of amides is 1. The van der Waals surface area contributed by atoms with Gasteiger partial charge in [-0.2, -0.15) is 5.10 Å². The summed E-state index contributed by atoms with van der Waals surface area (Å²) >= 11 is 0. The van der Waals surface area contributed by atoms with Gasteiger partial charge in [-0.1, -0.05) is 13.3 Å². The number of nitrogens with two attached hydrogens (primary N) is 1. The zero-order valence-electron chi connectivity index (χ0n) is 11.8. The lowest BCUT2D eigenvalue weighted by Gasteiger charge is -2.14. The van der Waals surface area contributed by atoms with E-state index in [0.29, 0.717) is 5.95 Å². The smallest absolute Gasteiger partial charge is 0.242 e. The second kappa shape index (κ2) is 4.91. The molecular weight excluding hydrogens is 244 g/mol. The maximum Gasteiger partial charge on any atom is 0.242 e. The molecule has 2 aromatic heterocycles. The van der Waals surface area contributed by atoms with Gasteiger partial charge in [0, 0.05) is 14.1 Å². The predicted octanol–water partition coefficient (Wildman–Crippen LogP) is 0.611. The van der Waals surface area contributed by atoms with E-state index in [1.165, 1.54) is 0 Å². The molecule has 1 atom stereocenters. The van der Waals surface area contributed by atoms with Crippen molar-refractivity contribution in [3.05, 3.63) is 5.69 Å². The van der Waals surface area contributed by atoms with Crippen LogP contribution >= 0.6 is 0 Å². The van der Waals surface area contributed by atoms with Gasteiger partial charge in [0.1, 0.15) is 11.6 Å². The van der Waals surface area contributed by atoms with Gasteiger partial charge in [-0.3, -0.25) is 14.0 Å². The van der Waals surface area contributed by atoms with Gasteiger partial charge in [0.15, 0.2) is 5.65 Å². The van der Waals surface area contributed by atoms with Crippen LogP contribution in [0.15, 0.2) is 0 Å². The van der Waals surface area contributed by atoms with Crippen molar-refractivity contribution in [2.45, 2.75) is 32.7 Å². The largest absolute Gasteiger partial charge is 0.369 e. The quantitative estimate of drug-likeness (QED) is 0.846. The summed E-state index contributed by atoms with van der Waals surface area (Å²) in [7, 11) is 3.45. The van der Waals surface area contributed by atoms with Crippen molar-refractivity contribution in [2.24, 2.45) is 7.05 Å². The fourth-order valence-electron chi connectivity index (χ4n) is 2.33. The van der Waals surface area contributed by atoms with Crippen molar-refractivity contribution in [3.8, 4) is 0 Å². The molecule has 0 aliphatic carbocycles. The number of hydrogen-bond acceptors (Lipinski definition) is 4. The molecule has 0 saturated heterocycles. The maximum atomic E-state index is 11.8. The molecule has 1 unspecified atom stereocenters. The Morgan fingerprint density at radius 2 is 2.21 bits per heavy atom. The van der Waals surface area contributed by atoms with Gasteiger partial charge in [-0.25, -0.2) is 4.98 Å². The first kappa shape index (κ1) is 13.4. The summed E-state index contributed by atoms with van der Waals surface area (Å²) in [5, 5.41) is 7.08. The number of hydrogen-bond donors (Lipinski definition) is 2. The number of carbonyl (C=O) groups excluding carboxylic acids is 1. The minimum Gasteiger partial charge on any atom is -0.369 e. The molecule has 3 N–H and O–H groups in total. The van der Waals surface area contributed by atoms with Crippen LogP contribution in [0.2, 0.25) is 0 Å². The molecule has 0 aliphatic heterocycles. The van der Waals surface area contributed by atoms with Gasteiger partial charge in [-0.05, 0) is 13.3 Å². The highest BCUT2D eigenvalue weighted by atomic mass is 16.2. The molecule has 0 spiro atoms. The van der Waals surface area contributed by atoms with Crippen LogP contribution in [-0.4, -0.2) is 32.3 Å². The van der Waals surface area contributed by atoms with E-state index in [-0.39, 0.29) is 5.91 Å². The summed E-state index contributed by atoms with van der Waals surface area (Å²) in [4.78, 5) is 16.2. The second-order valence-corrected chi connectivity index (χ2v) is 4.62. The summed E-state index contributed by atoms with van der Waals surface area (Å²) in [5.74, 6) is 0.237. The number of nitrogens with zero attached hydrogens (tertiary/aromatic N) is 4. The van der Waals surface area contributed by atoms with Crippen LogP contribution < -0.4 is 11.1 Å². The van der Waals surface area contributed by atoms with Crippen LogP contribution in [0, 0.1) is 0 Å². The number of carbonyl (C=O) groups is 1. The van der Waals surface area contributed by atoms with Gasteiger partial charge >= 0.3 is 0 Å². The lowest BCUT2D eigenvalue weighted by atomic mass is 10.2. The van der Waals surface area contributed by atoms with Crippen LogP contribution in [0.1, 0.15) is 32.0 Å². The standard InChI is InChI=1S/C12H20N6O/c1-5-6-8-9-11(17(4)16-8)18(12(13)15-9)7(2)10(19)14-3/h7H,5-6H2,1-4H3,(H2,13,15)(H,14,19). The Kier molecular flexibility index (Phi) is 3.46. The lowest BCUT2D eigenvalue weighted by Crippen LogP contribution is -2.28. The molecule has 0 radical (unpaired) electrons. The van der Waals surface area contributed by atoms with Crippen LogP contribution in [0.3, 0.4) is 0 Å². The Balaban J connectivity index is 2.61.